The predicted molar refractivity (Wildman–Crippen MR) is 43.0 cm³/mol. The summed E-state index contributed by atoms with van der Waals surface area (Å²) in [5, 5.41) is 10.3. The van der Waals surface area contributed by atoms with Gasteiger partial charge in [0.05, 0.1) is 0 Å². The molecule has 0 aromatic heterocycles. The fourth-order valence-electron chi connectivity index (χ4n) is 1.56. The minimum atomic E-state index is -5.04. The third-order valence-corrected chi connectivity index (χ3v) is 2.57. The number of alkyl halides is 3. The highest BCUT2D eigenvalue weighted by Crippen LogP contribution is 2.46. The lowest BCUT2D eigenvalue weighted by atomic mass is 10.1. The van der Waals surface area contributed by atoms with Crippen molar-refractivity contribution in [2.45, 2.75) is 31.5 Å². The Morgan fingerprint density at radius 1 is 1.53 bits per heavy atom. The molecule has 15 heavy (non-hydrogen) atoms. The maximum Gasteiger partial charge on any atom is 0.471 e. The molecule has 2 N–H and O–H groups in total. The molecule has 1 aliphatic carbocycles. The first-order valence-electron chi connectivity index (χ1n) is 4.36. The van der Waals surface area contributed by atoms with Gasteiger partial charge in [-0.2, -0.15) is 13.2 Å². The molecule has 2 atom stereocenters. The molecule has 0 aromatic rings. The predicted octanol–water partition coefficient (Wildman–Crippen LogP) is 0.918. The molecule has 0 radical (unpaired) electrons. The maximum atomic E-state index is 11.9. The van der Waals surface area contributed by atoms with Crippen molar-refractivity contribution < 1.29 is 27.9 Å². The van der Waals surface area contributed by atoms with Crippen molar-refractivity contribution in [2.24, 2.45) is 5.92 Å². The highest BCUT2D eigenvalue weighted by atomic mass is 19.4. The van der Waals surface area contributed by atoms with Gasteiger partial charge in [0.15, 0.2) is 0 Å². The van der Waals surface area contributed by atoms with E-state index in [1.165, 1.54) is 0 Å². The molecule has 1 aliphatic rings. The first kappa shape index (κ1) is 11.8. The van der Waals surface area contributed by atoms with Crippen LogP contribution in [0.5, 0.6) is 0 Å². The summed E-state index contributed by atoms with van der Waals surface area (Å²) in [5.41, 5.74) is -1.71. The third kappa shape index (κ3) is 2.05. The van der Waals surface area contributed by atoms with Gasteiger partial charge in [-0.1, -0.05) is 13.3 Å². The molecule has 0 spiro atoms. The summed E-state index contributed by atoms with van der Waals surface area (Å²) in [6, 6.07) is 0. The molecule has 1 saturated carbocycles. The summed E-state index contributed by atoms with van der Waals surface area (Å²) >= 11 is 0. The average Bonchev–Trinajstić information content (AvgIpc) is 2.78. The quantitative estimate of drug-likeness (QED) is 0.750. The number of carbonyl (C=O) groups is 2. The molecule has 86 valence electrons. The molecule has 0 bridgehead atoms. The normalized spacial score (nSPS) is 29.7. The molecule has 1 fully saturated rings. The van der Waals surface area contributed by atoms with Gasteiger partial charge >= 0.3 is 18.1 Å². The summed E-state index contributed by atoms with van der Waals surface area (Å²) in [6.45, 7) is 1.66. The van der Waals surface area contributed by atoms with Crippen LogP contribution in [0.25, 0.3) is 0 Å². The highest BCUT2D eigenvalue weighted by Gasteiger charge is 2.62. The number of hydrogen-bond acceptors (Lipinski definition) is 2. The van der Waals surface area contributed by atoms with Gasteiger partial charge in [-0.15, -0.1) is 0 Å². The van der Waals surface area contributed by atoms with Gasteiger partial charge in [0.2, 0.25) is 0 Å². The monoisotopic (exact) mass is 225 g/mol. The summed E-state index contributed by atoms with van der Waals surface area (Å²) in [6.07, 6.45) is -4.56. The van der Waals surface area contributed by atoms with E-state index in [2.05, 4.69) is 0 Å². The first-order chi connectivity index (χ1) is 6.74. The Bertz CT molecular complexity index is 302. The van der Waals surface area contributed by atoms with Gasteiger partial charge in [-0.25, -0.2) is 4.79 Å². The number of carboxylic acids is 1. The van der Waals surface area contributed by atoms with Crippen molar-refractivity contribution in [1.29, 1.82) is 0 Å². The Labute approximate surface area is 83.5 Å². The van der Waals surface area contributed by atoms with E-state index in [1.807, 2.05) is 0 Å². The van der Waals surface area contributed by atoms with Crippen LogP contribution < -0.4 is 5.32 Å². The smallest absolute Gasteiger partial charge is 0.471 e. The van der Waals surface area contributed by atoms with E-state index in [9.17, 15) is 22.8 Å². The molecule has 0 heterocycles. The van der Waals surface area contributed by atoms with E-state index in [4.69, 9.17) is 5.11 Å². The van der Waals surface area contributed by atoms with Gasteiger partial charge in [-0.3, -0.25) is 4.79 Å². The lowest BCUT2D eigenvalue weighted by Crippen LogP contribution is -2.50. The van der Waals surface area contributed by atoms with Gasteiger partial charge in [-0.05, 0) is 12.3 Å². The maximum absolute atomic E-state index is 11.9. The molecule has 0 aromatic carbocycles. The third-order valence-electron chi connectivity index (χ3n) is 2.57. The van der Waals surface area contributed by atoms with Crippen LogP contribution in [-0.2, 0) is 9.59 Å². The fraction of sp³-hybridized carbons (Fsp3) is 0.750. The second-order valence-electron chi connectivity index (χ2n) is 3.54. The van der Waals surface area contributed by atoms with Crippen molar-refractivity contribution in [3.05, 3.63) is 0 Å². The van der Waals surface area contributed by atoms with E-state index >= 15 is 0 Å². The van der Waals surface area contributed by atoms with Gasteiger partial charge < -0.3 is 10.4 Å². The van der Waals surface area contributed by atoms with Crippen LogP contribution in [-0.4, -0.2) is 28.7 Å². The molecule has 4 nitrogen and oxygen atoms in total. The van der Waals surface area contributed by atoms with Crippen LogP contribution in [0, 0.1) is 5.92 Å². The molecule has 1 rings (SSSR count). The zero-order valence-corrected chi connectivity index (χ0v) is 7.89. The van der Waals surface area contributed by atoms with E-state index in [0.29, 0.717) is 6.42 Å². The van der Waals surface area contributed by atoms with Crippen LogP contribution in [0.1, 0.15) is 19.8 Å². The second kappa shape index (κ2) is 3.39. The number of hydrogen-bond donors (Lipinski definition) is 2. The number of nitrogens with one attached hydrogen (secondary N) is 1. The molecule has 0 saturated heterocycles. The summed E-state index contributed by atoms with van der Waals surface area (Å²) in [4.78, 5) is 21.3. The van der Waals surface area contributed by atoms with E-state index in [0.717, 1.165) is 0 Å². The van der Waals surface area contributed by atoms with Crippen LogP contribution >= 0.6 is 0 Å². The Morgan fingerprint density at radius 2 is 2.07 bits per heavy atom. The largest absolute Gasteiger partial charge is 0.479 e. The van der Waals surface area contributed by atoms with Gasteiger partial charge in [0, 0.05) is 0 Å². The van der Waals surface area contributed by atoms with Crippen LogP contribution in [0.15, 0.2) is 0 Å². The van der Waals surface area contributed by atoms with Gasteiger partial charge in [0.25, 0.3) is 0 Å². The molecular formula is C8H10F3NO3. The van der Waals surface area contributed by atoms with E-state index < -0.39 is 29.5 Å². The lowest BCUT2D eigenvalue weighted by Gasteiger charge is -2.15. The minimum Gasteiger partial charge on any atom is -0.479 e. The Kier molecular flexibility index (Phi) is 2.67. The highest BCUT2D eigenvalue weighted by molar-refractivity contribution is 5.92. The molecule has 0 aliphatic heterocycles. The SMILES string of the molecule is CC[C@@H]1C[C@]1(NC(=O)C(F)(F)F)C(=O)O. The number of carboxylic acid groups (broad SMARTS) is 1. The number of carbonyl (C=O) groups excluding carboxylic acids is 1. The average molecular weight is 225 g/mol. The summed E-state index contributed by atoms with van der Waals surface area (Å²) in [5.74, 6) is -4.02. The van der Waals surface area contributed by atoms with Crippen LogP contribution in [0.2, 0.25) is 0 Å². The number of aliphatic carboxylic acids is 1. The van der Waals surface area contributed by atoms with Crippen molar-refractivity contribution in [3.8, 4) is 0 Å². The van der Waals surface area contributed by atoms with Crippen molar-refractivity contribution in [1.82, 2.24) is 5.32 Å². The second-order valence-corrected chi connectivity index (χ2v) is 3.54. The number of rotatable bonds is 3. The van der Waals surface area contributed by atoms with E-state index in [1.54, 1.807) is 12.2 Å². The van der Waals surface area contributed by atoms with Crippen LogP contribution in [0.3, 0.4) is 0 Å². The zero-order chi connectivity index (χ0) is 11.9. The number of halogens is 3. The standard InChI is InChI=1S/C8H10F3NO3/c1-2-4-3-7(4,6(14)15)12-5(13)8(9,10)11/h4H,2-3H2,1H3,(H,12,13)(H,14,15)/t4-,7-/m1/s1. The zero-order valence-electron chi connectivity index (χ0n) is 7.89. The summed E-state index contributed by atoms with van der Waals surface area (Å²) < 4.78 is 35.7. The fourth-order valence-corrected chi connectivity index (χ4v) is 1.56. The van der Waals surface area contributed by atoms with Crippen molar-refractivity contribution in [2.75, 3.05) is 0 Å². The first-order valence-corrected chi connectivity index (χ1v) is 4.36. The Hall–Kier alpha value is -1.27. The molecular weight excluding hydrogens is 215 g/mol. The van der Waals surface area contributed by atoms with Crippen LogP contribution in [0.4, 0.5) is 13.2 Å². The molecule has 0 unspecified atom stereocenters. The minimum absolute atomic E-state index is 0.0562. The molecule has 1 amide bonds. The van der Waals surface area contributed by atoms with Crippen molar-refractivity contribution >= 4 is 11.9 Å². The topological polar surface area (TPSA) is 66.4 Å². The Morgan fingerprint density at radius 3 is 2.33 bits per heavy atom. The van der Waals surface area contributed by atoms with Gasteiger partial charge in [0.1, 0.15) is 5.54 Å². The summed E-state index contributed by atoms with van der Waals surface area (Å²) in [7, 11) is 0. The molecule has 7 heteroatoms. The van der Waals surface area contributed by atoms with Crippen molar-refractivity contribution in [3.63, 3.8) is 0 Å². The lowest BCUT2D eigenvalue weighted by molar-refractivity contribution is -0.176. The van der Waals surface area contributed by atoms with E-state index in [-0.39, 0.29) is 6.42 Å². The Balaban J connectivity index is 2.72. The number of amides is 1.